The number of aromatic nitrogens is 2. The van der Waals surface area contributed by atoms with Crippen LogP contribution < -0.4 is 10.1 Å². The zero-order valence-corrected chi connectivity index (χ0v) is 9.99. The van der Waals surface area contributed by atoms with Crippen molar-refractivity contribution in [3.05, 3.63) is 17.7 Å². The molecule has 1 aliphatic carbocycles. The molecule has 0 spiro atoms. The number of ether oxygens (including phenoxy) is 1. The van der Waals surface area contributed by atoms with E-state index >= 15 is 0 Å². The SMILES string of the molecule is CNCc1nc(C2CCCC2)ncc1OC. The van der Waals surface area contributed by atoms with Gasteiger partial charge in [0.25, 0.3) is 0 Å². The van der Waals surface area contributed by atoms with E-state index in [1.165, 1.54) is 25.7 Å². The Bertz CT molecular complexity index is 348. The minimum atomic E-state index is 0.557. The zero-order chi connectivity index (χ0) is 11.4. The highest BCUT2D eigenvalue weighted by molar-refractivity contribution is 5.25. The maximum atomic E-state index is 5.25. The molecule has 0 saturated heterocycles. The van der Waals surface area contributed by atoms with Crippen molar-refractivity contribution in [1.29, 1.82) is 0 Å². The average molecular weight is 221 g/mol. The average Bonchev–Trinajstić information content (AvgIpc) is 2.83. The molecule has 1 saturated carbocycles. The van der Waals surface area contributed by atoms with Crippen molar-refractivity contribution in [2.75, 3.05) is 14.2 Å². The lowest BCUT2D eigenvalue weighted by atomic mass is 10.1. The Kier molecular flexibility index (Phi) is 3.72. The van der Waals surface area contributed by atoms with E-state index in [4.69, 9.17) is 4.74 Å². The van der Waals surface area contributed by atoms with Gasteiger partial charge in [0.1, 0.15) is 5.82 Å². The second kappa shape index (κ2) is 5.25. The maximum absolute atomic E-state index is 5.25. The Hall–Kier alpha value is -1.16. The normalized spacial score (nSPS) is 16.6. The molecule has 0 atom stereocenters. The van der Waals surface area contributed by atoms with Crippen molar-refractivity contribution in [2.45, 2.75) is 38.1 Å². The molecule has 1 aliphatic rings. The fourth-order valence-electron chi connectivity index (χ4n) is 2.27. The van der Waals surface area contributed by atoms with Gasteiger partial charge in [-0.15, -0.1) is 0 Å². The molecule has 1 fully saturated rings. The van der Waals surface area contributed by atoms with Crippen LogP contribution in [-0.4, -0.2) is 24.1 Å². The molecule has 0 aromatic carbocycles. The summed E-state index contributed by atoms with van der Waals surface area (Å²) >= 11 is 0. The van der Waals surface area contributed by atoms with Crippen molar-refractivity contribution in [3.63, 3.8) is 0 Å². The van der Waals surface area contributed by atoms with Crippen LogP contribution in [0.15, 0.2) is 6.20 Å². The molecule has 1 N–H and O–H groups in total. The fourth-order valence-corrected chi connectivity index (χ4v) is 2.27. The minimum Gasteiger partial charge on any atom is -0.493 e. The molecule has 1 aromatic heterocycles. The minimum absolute atomic E-state index is 0.557. The first-order valence-electron chi connectivity index (χ1n) is 5.89. The van der Waals surface area contributed by atoms with Crippen LogP contribution in [0.3, 0.4) is 0 Å². The maximum Gasteiger partial charge on any atom is 0.159 e. The lowest BCUT2D eigenvalue weighted by molar-refractivity contribution is 0.401. The Labute approximate surface area is 96.4 Å². The summed E-state index contributed by atoms with van der Waals surface area (Å²) in [7, 11) is 3.57. The molecule has 1 aromatic rings. The number of methoxy groups -OCH3 is 1. The van der Waals surface area contributed by atoms with Gasteiger partial charge in [-0.1, -0.05) is 12.8 Å². The molecule has 1 heterocycles. The van der Waals surface area contributed by atoms with E-state index in [0.717, 1.165) is 23.8 Å². The standard InChI is InChI=1S/C12H19N3O/c1-13-7-10-11(16-2)8-14-12(15-10)9-5-3-4-6-9/h8-9,13H,3-7H2,1-2H3. The highest BCUT2D eigenvalue weighted by Gasteiger charge is 2.20. The molecule has 4 nitrogen and oxygen atoms in total. The van der Waals surface area contributed by atoms with Crippen molar-refractivity contribution in [1.82, 2.24) is 15.3 Å². The molecule has 0 aliphatic heterocycles. The third-order valence-electron chi connectivity index (χ3n) is 3.13. The summed E-state index contributed by atoms with van der Waals surface area (Å²) < 4.78 is 5.25. The van der Waals surface area contributed by atoms with E-state index in [1.807, 2.05) is 7.05 Å². The molecule has 16 heavy (non-hydrogen) atoms. The topological polar surface area (TPSA) is 47.0 Å². The molecular formula is C12H19N3O. The molecule has 88 valence electrons. The van der Waals surface area contributed by atoms with E-state index in [2.05, 4.69) is 15.3 Å². The Morgan fingerprint density at radius 2 is 2.19 bits per heavy atom. The number of nitrogens with zero attached hydrogens (tertiary/aromatic N) is 2. The molecule has 2 rings (SSSR count). The van der Waals surface area contributed by atoms with Gasteiger partial charge < -0.3 is 10.1 Å². The summed E-state index contributed by atoms with van der Waals surface area (Å²) in [4.78, 5) is 9.03. The number of rotatable bonds is 4. The van der Waals surface area contributed by atoms with Gasteiger partial charge in [-0.3, -0.25) is 0 Å². The zero-order valence-electron chi connectivity index (χ0n) is 9.99. The highest BCUT2D eigenvalue weighted by atomic mass is 16.5. The molecule has 0 amide bonds. The molecular weight excluding hydrogens is 202 g/mol. The third kappa shape index (κ3) is 2.32. The first-order valence-corrected chi connectivity index (χ1v) is 5.89. The second-order valence-electron chi connectivity index (χ2n) is 4.25. The van der Waals surface area contributed by atoms with Gasteiger partial charge in [0.2, 0.25) is 0 Å². The van der Waals surface area contributed by atoms with E-state index in [-0.39, 0.29) is 0 Å². The molecule has 0 radical (unpaired) electrons. The Morgan fingerprint density at radius 3 is 2.81 bits per heavy atom. The first-order chi connectivity index (χ1) is 7.85. The van der Waals surface area contributed by atoms with Gasteiger partial charge >= 0.3 is 0 Å². The van der Waals surface area contributed by atoms with Crippen LogP contribution in [0.5, 0.6) is 5.75 Å². The number of nitrogens with one attached hydrogen (secondary N) is 1. The van der Waals surface area contributed by atoms with E-state index in [9.17, 15) is 0 Å². The third-order valence-corrected chi connectivity index (χ3v) is 3.13. The first kappa shape index (κ1) is 11.3. The van der Waals surface area contributed by atoms with Crippen molar-refractivity contribution >= 4 is 0 Å². The van der Waals surface area contributed by atoms with Crippen molar-refractivity contribution in [3.8, 4) is 5.75 Å². The molecule has 0 bridgehead atoms. The number of hydrogen-bond acceptors (Lipinski definition) is 4. The van der Waals surface area contributed by atoms with Gasteiger partial charge in [0, 0.05) is 12.5 Å². The Balaban J connectivity index is 2.23. The summed E-state index contributed by atoms with van der Waals surface area (Å²) in [5, 5.41) is 3.11. The second-order valence-corrected chi connectivity index (χ2v) is 4.25. The monoisotopic (exact) mass is 221 g/mol. The predicted molar refractivity (Wildman–Crippen MR) is 62.6 cm³/mol. The van der Waals surface area contributed by atoms with Crippen LogP contribution in [-0.2, 0) is 6.54 Å². The summed E-state index contributed by atoms with van der Waals surface area (Å²) in [5.41, 5.74) is 0.960. The van der Waals surface area contributed by atoms with Crippen LogP contribution in [0.25, 0.3) is 0 Å². The van der Waals surface area contributed by atoms with Crippen LogP contribution in [0.4, 0.5) is 0 Å². The van der Waals surface area contributed by atoms with Gasteiger partial charge in [0.05, 0.1) is 19.0 Å². The molecule has 0 unspecified atom stereocenters. The van der Waals surface area contributed by atoms with Crippen LogP contribution in [0.1, 0.15) is 43.1 Å². The highest BCUT2D eigenvalue weighted by Crippen LogP contribution is 2.32. The van der Waals surface area contributed by atoms with Gasteiger partial charge in [-0.25, -0.2) is 9.97 Å². The van der Waals surface area contributed by atoms with Gasteiger partial charge in [0.15, 0.2) is 5.75 Å². The van der Waals surface area contributed by atoms with Crippen molar-refractivity contribution < 1.29 is 4.74 Å². The Morgan fingerprint density at radius 1 is 1.44 bits per heavy atom. The fraction of sp³-hybridized carbons (Fsp3) is 0.667. The summed E-state index contributed by atoms with van der Waals surface area (Å²) in [6.45, 7) is 0.728. The quantitative estimate of drug-likeness (QED) is 0.843. The van der Waals surface area contributed by atoms with E-state index in [1.54, 1.807) is 13.3 Å². The molecule has 4 heteroatoms. The van der Waals surface area contributed by atoms with Crippen LogP contribution >= 0.6 is 0 Å². The van der Waals surface area contributed by atoms with E-state index in [0.29, 0.717) is 5.92 Å². The number of hydrogen-bond donors (Lipinski definition) is 1. The largest absolute Gasteiger partial charge is 0.493 e. The lowest BCUT2D eigenvalue weighted by Gasteiger charge is -2.12. The van der Waals surface area contributed by atoms with Gasteiger partial charge in [-0.2, -0.15) is 0 Å². The smallest absolute Gasteiger partial charge is 0.159 e. The summed E-state index contributed by atoms with van der Waals surface area (Å²) in [6.07, 6.45) is 6.87. The van der Waals surface area contributed by atoms with Crippen LogP contribution in [0.2, 0.25) is 0 Å². The summed E-state index contributed by atoms with van der Waals surface area (Å²) in [5.74, 6) is 2.32. The van der Waals surface area contributed by atoms with E-state index < -0.39 is 0 Å². The van der Waals surface area contributed by atoms with Crippen LogP contribution in [0, 0.1) is 0 Å². The van der Waals surface area contributed by atoms with Crippen molar-refractivity contribution in [2.24, 2.45) is 0 Å². The lowest BCUT2D eigenvalue weighted by Crippen LogP contribution is -2.12. The summed E-state index contributed by atoms with van der Waals surface area (Å²) in [6, 6.07) is 0. The predicted octanol–water partition coefficient (Wildman–Crippen LogP) is 1.86. The van der Waals surface area contributed by atoms with Gasteiger partial charge in [-0.05, 0) is 19.9 Å².